The average molecular weight is 224 g/mol. The predicted molar refractivity (Wildman–Crippen MR) is 69.6 cm³/mol. The molecule has 2 heterocycles. The van der Waals surface area contributed by atoms with Gasteiger partial charge in [0.05, 0.1) is 0 Å². The van der Waals surface area contributed by atoms with Crippen molar-refractivity contribution in [1.82, 2.24) is 10.2 Å². The summed E-state index contributed by atoms with van der Waals surface area (Å²) >= 11 is 0. The molecule has 0 aliphatic carbocycles. The van der Waals surface area contributed by atoms with Crippen molar-refractivity contribution in [3.63, 3.8) is 0 Å². The zero-order chi connectivity index (χ0) is 11.5. The molecule has 94 valence electrons. The summed E-state index contributed by atoms with van der Waals surface area (Å²) in [5, 5.41) is 3.77. The molecule has 16 heavy (non-hydrogen) atoms. The third-order valence-corrected chi connectivity index (χ3v) is 4.18. The quantitative estimate of drug-likeness (QED) is 0.775. The SMILES string of the molecule is CC1CC(C)NC(CN2CCCC(C)C2)C1. The van der Waals surface area contributed by atoms with Crippen molar-refractivity contribution in [2.24, 2.45) is 11.8 Å². The lowest BCUT2D eigenvalue weighted by atomic mass is 9.89. The van der Waals surface area contributed by atoms with Crippen LogP contribution in [0.1, 0.15) is 46.5 Å². The van der Waals surface area contributed by atoms with Crippen molar-refractivity contribution in [1.29, 1.82) is 0 Å². The van der Waals surface area contributed by atoms with Crippen molar-refractivity contribution in [3.8, 4) is 0 Å². The summed E-state index contributed by atoms with van der Waals surface area (Å²) in [6.45, 7) is 11.1. The Hall–Kier alpha value is -0.0800. The monoisotopic (exact) mass is 224 g/mol. The Kier molecular flexibility index (Phi) is 4.26. The third kappa shape index (κ3) is 3.46. The maximum absolute atomic E-state index is 3.77. The Balaban J connectivity index is 1.79. The molecule has 2 heteroatoms. The van der Waals surface area contributed by atoms with Gasteiger partial charge in [0.25, 0.3) is 0 Å². The van der Waals surface area contributed by atoms with Crippen LogP contribution in [0, 0.1) is 11.8 Å². The van der Waals surface area contributed by atoms with E-state index in [4.69, 9.17) is 0 Å². The smallest absolute Gasteiger partial charge is 0.0200 e. The fraction of sp³-hybridized carbons (Fsp3) is 1.00. The van der Waals surface area contributed by atoms with E-state index in [0.29, 0.717) is 0 Å². The fourth-order valence-corrected chi connectivity index (χ4v) is 3.62. The average Bonchev–Trinajstić information content (AvgIpc) is 2.15. The highest BCUT2D eigenvalue weighted by atomic mass is 15.2. The van der Waals surface area contributed by atoms with Gasteiger partial charge in [0, 0.05) is 25.2 Å². The summed E-state index contributed by atoms with van der Waals surface area (Å²) in [7, 11) is 0. The molecule has 0 aromatic carbocycles. The van der Waals surface area contributed by atoms with Crippen LogP contribution in [0.4, 0.5) is 0 Å². The minimum Gasteiger partial charge on any atom is -0.310 e. The molecular weight excluding hydrogens is 196 g/mol. The van der Waals surface area contributed by atoms with Crippen molar-refractivity contribution < 1.29 is 0 Å². The van der Waals surface area contributed by atoms with Gasteiger partial charge in [-0.2, -0.15) is 0 Å². The lowest BCUT2D eigenvalue weighted by molar-refractivity contribution is 0.141. The van der Waals surface area contributed by atoms with Crippen molar-refractivity contribution in [2.75, 3.05) is 19.6 Å². The Morgan fingerprint density at radius 1 is 1.12 bits per heavy atom. The molecule has 2 saturated heterocycles. The van der Waals surface area contributed by atoms with E-state index in [2.05, 4.69) is 31.0 Å². The molecule has 2 rings (SSSR count). The number of hydrogen-bond acceptors (Lipinski definition) is 2. The lowest BCUT2D eigenvalue weighted by Crippen LogP contribution is -2.50. The van der Waals surface area contributed by atoms with Gasteiger partial charge in [-0.15, -0.1) is 0 Å². The van der Waals surface area contributed by atoms with Gasteiger partial charge in [0.2, 0.25) is 0 Å². The van der Waals surface area contributed by atoms with Crippen LogP contribution in [0.25, 0.3) is 0 Å². The van der Waals surface area contributed by atoms with Crippen LogP contribution in [0.2, 0.25) is 0 Å². The number of nitrogens with one attached hydrogen (secondary N) is 1. The second-order valence-corrected chi connectivity index (χ2v) is 6.35. The lowest BCUT2D eigenvalue weighted by Gasteiger charge is -2.38. The summed E-state index contributed by atoms with van der Waals surface area (Å²) in [6, 6.07) is 1.46. The van der Waals surface area contributed by atoms with Gasteiger partial charge in [-0.05, 0) is 51.0 Å². The zero-order valence-electron chi connectivity index (χ0n) is 11.2. The van der Waals surface area contributed by atoms with E-state index < -0.39 is 0 Å². The number of likely N-dealkylation sites (tertiary alicyclic amines) is 1. The second kappa shape index (κ2) is 5.50. The van der Waals surface area contributed by atoms with Crippen molar-refractivity contribution >= 4 is 0 Å². The van der Waals surface area contributed by atoms with Gasteiger partial charge in [-0.3, -0.25) is 0 Å². The first-order valence-electron chi connectivity index (χ1n) is 7.12. The molecule has 0 bridgehead atoms. The molecule has 2 aliphatic rings. The van der Waals surface area contributed by atoms with Gasteiger partial charge in [0.1, 0.15) is 0 Å². The topological polar surface area (TPSA) is 15.3 Å². The van der Waals surface area contributed by atoms with E-state index in [-0.39, 0.29) is 0 Å². The number of rotatable bonds is 2. The molecule has 0 amide bonds. The first-order chi connectivity index (χ1) is 7.63. The summed E-state index contributed by atoms with van der Waals surface area (Å²) in [4.78, 5) is 2.68. The van der Waals surface area contributed by atoms with Crippen LogP contribution in [-0.4, -0.2) is 36.6 Å². The molecule has 2 fully saturated rings. The van der Waals surface area contributed by atoms with E-state index in [9.17, 15) is 0 Å². The number of nitrogens with zero attached hydrogens (tertiary/aromatic N) is 1. The number of piperidine rings is 2. The van der Waals surface area contributed by atoms with Gasteiger partial charge < -0.3 is 10.2 Å². The molecule has 0 aromatic heterocycles. The Morgan fingerprint density at radius 3 is 2.62 bits per heavy atom. The number of hydrogen-bond donors (Lipinski definition) is 1. The largest absolute Gasteiger partial charge is 0.310 e. The minimum absolute atomic E-state index is 0.718. The summed E-state index contributed by atoms with van der Waals surface area (Å²) in [6.07, 6.45) is 5.56. The van der Waals surface area contributed by atoms with Gasteiger partial charge in [0.15, 0.2) is 0 Å². The second-order valence-electron chi connectivity index (χ2n) is 6.35. The molecule has 0 saturated carbocycles. The van der Waals surface area contributed by atoms with Gasteiger partial charge in [-0.25, -0.2) is 0 Å². The van der Waals surface area contributed by atoms with Crippen LogP contribution in [-0.2, 0) is 0 Å². The molecular formula is C14H28N2. The highest BCUT2D eigenvalue weighted by molar-refractivity contribution is 4.84. The molecule has 0 aromatic rings. The summed E-state index contributed by atoms with van der Waals surface area (Å²) in [5.74, 6) is 1.82. The standard InChI is InChI=1S/C14H28N2/c1-11-5-4-6-16(9-11)10-14-8-12(2)7-13(3)15-14/h11-15H,4-10H2,1-3H3. The van der Waals surface area contributed by atoms with Crippen molar-refractivity contribution in [2.45, 2.75) is 58.5 Å². The zero-order valence-corrected chi connectivity index (χ0v) is 11.2. The molecule has 0 spiro atoms. The predicted octanol–water partition coefficient (Wildman–Crippen LogP) is 2.49. The maximum Gasteiger partial charge on any atom is 0.0200 e. The van der Waals surface area contributed by atoms with Crippen LogP contribution < -0.4 is 5.32 Å². The van der Waals surface area contributed by atoms with Gasteiger partial charge >= 0.3 is 0 Å². The fourth-order valence-electron chi connectivity index (χ4n) is 3.62. The normalized spacial score (nSPS) is 42.2. The molecule has 2 nitrogen and oxygen atoms in total. The van der Waals surface area contributed by atoms with Crippen LogP contribution in [0.5, 0.6) is 0 Å². The maximum atomic E-state index is 3.77. The third-order valence-electron chi connectivity index (χ3n) is 4.18. The summed E-state index contributed by atoms with van der Waals surface area (Å²) < 4.78 is 0. The first kappa shape index (κ1) is 12.4. The minimum atomic E-state index is 0.718. The Morgan fingerprint density at radius 2 is 1.94 bits per heavy atom. The highest BCUT2D eigenvalue weighted by Gasteiger charge is 2.26. The summed E-state index contributed by atoms with van der Waals surface area (Å²) in [5.41, 5.74) is 0. The van der Waals surface area contributed by atoms with Gasteiger partial charge in [-0.1, -0.05) is 13.8 Å². The molecule has 0 radical (unpaired) electrons. The Bertz CT molecular complexity index is 207. The van der Waals surface area contributed by atoms with Crippen LogP contribution in [0.15, 0.2) is 0 Å². The van der Waals surface area contributed by atoms with E-state index in [0.717, 1.165) is 23.9 Å². The molecule has 1 N–H and O–H groups in total. The van der Waals surface area contributed by atoms with E-state index in [1.54, 1.807) is 0 Å². The van der Waals surface area contributed by atoms with E-state index >= 15 is 0 Å². The Labute approximate surface area is 101 Å². The highest BCUT2D eigenvalue weighted by Crippen LogP contribution is 2.22. The van der Waals surface area contributed by atoms with Crippen molar-refractivity contribution in [3.05, 3.63) is 0 Å². The molecule has 4 atom stereocenters. The van der Waals surface area contributed by atoms with E-state index in [1.807, 2.05) is 0 Å². The molecule has 2 aliphatic heterocycles. The van der Waals surface area contributed by atoms with E-state index in [1.165, 1.54) is 45.3 Å². The first-order valence-corrected chi connectivity index (χ1v) is 7.12. The van der Waals surface area contributed by atoms with Crippen LogP contribution >= 0.6 is 0 Å². The molecule has 4 unspecified atom stereocenters. The van der Waals surface area contributed by atoms with Crippen LogP contribution in [0.3, 0.4) is 0 Å².